The van der Waals surface area contributed by atoms with Crippen LogP contribution in [0.25, 0.3) is 0 Å². The highest BCUT2D eigenvalue weighted by atomic mass is 16.1. The van der Waals surface area contributed by atoms with Crippen molar-refractivity contribution in [3.8, 4) is 0 Å². The summed E-state index contributed by atoms with van der Waals surface area (Å²) in [5.41, 5.74) is 0. The highest BCUT2D eigenvalue weighted by Crippen LogP contribution is 2.33. The standard InChI is InChI=1S/C12H24N2O/c1-4-13-12(15)5-6-14-11-7-10(8-11)9(2)3/h9-11,14H,4-8H2,1-3H3,(H,13,15). The predicted octanol–water partition coefficient (Wildman–Crippen LogP) is 1.54. The van der Waals surface area contributed by atoms with Crippen LogP contribution in [0.4, 0.5) is 0 Å². The number of amides is 1. The van der Waals surface area contributed by atoms with Crippen LogP contribution >= 0.6 is 0 Å². The van der Waals surface area contributed by atoms with Gasteiger partial charge in [-0.3, -0.25) is 4.79 Å². The maximum absolute atomic E-state index is 11.2. The van der Waals surface area contributed by atoms with E-state index >= 15 is 0 Å². The second-order valence-electron chi connectivity index (χ2n) is 4.83. The molecule has 88 valence electrons. The SMILES string of the molecule is CCNC(=O)CCNC1CC(C(C)C)C1. The lowest BCUT2D eigenvalue weighted by Gasteiger charge is -2.38. The summed E-state index contributed by atoms with van der Waals surface area (Å²) in [5, 5.41) is 6.24. The van der Waals surface area contributed by atoms with E-state index in [0.29, 0.717) is 12.5 Å². The molecule has 1 aliphatic rings. The molecule has 1 rings (SSSR count). The molecular formula is C12H24N2O. The van der Waals surface area contributed by atoms with Crippen LogP contribution in [0.5, 0.6) is 0 Å². The molecule has 2 N–H and O–H groups in total. The minimum atomic E-state index is 0.157. The highest BCUT2D eigenvalue weighted by molar-refractivity contribution is 5.75. The highest BCUT2D eigenvalue weighted by Gasteiger charge is 2.30. The molecule has 0 atom stereocenters. The van der Waals surface area contributed by atoms with E-state index in [0.717, 1.165) is 24.9 Å². The molecule has 0 aromatic heterocycles. The van der Waals surface area contributed by atoms with Crippen LogP contribution in [-0.4, -0.2) is 25.0 Å². The summed E-state index contributed by atoms with van der Waals surface area (Å²) < 4.78 is 0. The van der Waals surface area contributed by atoms with E-state index in [1.54, 1.807) is 0 Å². The van der Waals surface area contributed by atoms with Gasteiger partial charge in [-0.25, -0.2) is 0 Å². The van der Waals surface area contributed by atoms with E-state index in [4.69, 9.17) is 0 Å². The maximum Gasteiger partial charge on any atom is 0.221 e. The molecule has 0 unspecified atom stereocenters. The maximum atomic E-state index is 11.2. The van der Waals surface area contributed by atoms with Gasteiger partial charge in [0.25, 0.3) is 0 Å². The smallest absolute Gasteiger partial charge is 0.221 e. The van der Waals surface area contributed by atoms with Crippen molar-refractivity contribution in [2.45, 2.75) is 46.1 Å². The van der Waals surface area contributed by atoms with E-state index in [2.05, 4.69) is 24.5 Å². The first-order valence-electron chi connectivity index (χ1n) is 6.13. The lowest BCUT2D eigenvalue weighted by molar-refractivity contribution is -0.120. The molecule has 0 bridgehead atoms. The van der Waals surface area contributed by atoms with E-state index in [9.17, 15) is 4.79 Å². The molecule has 1 fully saturated rings. The van der Waals surface area contributed by atoms with Crippen LogP contribution in [-0.2, 0) is 4.79 Å². The Hall–Kier alpha value is -0.570. The third kappa shape index (κ3) is 4.20. The van der Waals surface area contributed by atoms with Gasteiger partial charge in [-0.15, -0.1) is 0 Å². The molecule has 0 aliphatic heterocycles. The molecular weight excluding hydrogens is 188 g/mol. The molecule has 1 amide bonds. The van der Waals surface area contributed by atoms with Gasteiger partial charge in [-0.2, -0.15) is 0 Å². The van der Waals surface area contributed by atoms with Crippen molar-refractivity contribution in [3.63, 3.8) is 0 Å². The molecule has 1 saturated carbocycles. The molecule has 0 saturated heterocycles. The van der Waals surface area contributed by atoms with Gasteiger partial charge in [0.2, 0.25) is 5.91 Å². The van der Waals surface area contributed by atoms with Crippen LogP contribution in [0.3, 0.4) is 0 Å². The Labute approximate surface area is 93.0 Å². The van der Waals surface area contributed by atoms with E-state index < -0.39 is 0 Å². The molecule has 0 heterocycles. The third-order valence-corrected chi connectivity index (χ3v) is 3.28. The fourth-order valence-corrected chi connectivity index (χ4v) is 2.05. The van der Waals surface area contributed by atoms with Gasteiger partial charge < -0.3 is 10.6 Å². The van der Waals surface area contributed by atoms with Crippen LogP contribution in [0.2, 0.25) is 0 Å². The Morgan fingerprint density at radius 3 is 2.60 bits per heavy atom. The van der Waals surface area contributed by atoms with Crippen molar-refractivity contribution in [1.29, 1.82) is 0 Å². The van der Waals surface area contributed by atoms with Gasteiger partial charge in [-0.05, 0) is 31.6 Å². The fraction of sp³-hybridized carbons (Fsp3) is 0.917. The van der Waals surface area contributed by atoms with Gasteiger partial charge >= 0.3 is 0 Å². The van der Waals surface area contributed by atoms with Crippen LogP contribution in [0.1, 0.15) is 40.0 Å². The molecule has 0 spiro atoms. The van der Waals surface area contributed by atoms with Gasteiger partial charge in [0.15, 0.2) is 0 Å². The average molecular weight is 212 g/mol. The van der Waals surface area contributed by atoms with Crippen LogP contribution in [0.15, 0.2) is 0 Å². The summed E-state index contributed by atoms with van der Waals surface area (Å²) in [4.78, 5) is 11.2. The lowest BCUT2D eigenvalue weighted by atomic mass is 9.74. The molecule has 3 nitrogen and oxygen atoms in total. The molecule has 15 heavy (non-hydrogen) atoms. The first kappa shape index (κ1) is 12.5. The second-order valence-corrected chi connectivity index (χ2v) is 4.83. The summed E-state index contributed by atoms with van der Waals surface area (Å²) in [6, 6.07) is 0.659. The number of hydrogen-bond donors (Lipinski definition) is 2. The van der Waals surface area contributed by atoms with Crippen molar-refractivity contribution in [3.05, 3.63) is 0 Å². The predicted molar refractivity (Wildman–Crippen MR) is 62.7 cm³/mol. The fourth-order valence-electron chi connectivity index (χ4n) is 2.05. The first-order valence-corrected chi connectivity index (χ1v) is 6.13. The van der Waals surface area contributed by atoms with Crippen molar-refractivity contribution in [2.75, 3.05) is 13.1 Å². The first-order chi connectivity index (χ1) is 7.13. The summed E-state index contributed by atoms with van der Waals surface area (Å²) in [6.45, 7) is 8.08. The van der Waals surface area contributed by atoms with Crippen LogP contribution in [0, 0.1) is 11.8 Å². The third-order valence-electron chi connectivity index (χ3n) is 3.28. The zero-order chi connectivity index (χ0) is 11.3. The summed E-state index contributed by atoms with van der Waals surface area (Å²) in [5.74, 6) is 1.86. The molecule has 1 aliphatic carbocycles. The van der Waals surface area contributed by atoms with E-state index in [1.807, 2.05) is 6.92 Å². The minimum absolute atomic E-state index is 0.157. The number of hydrogen-bond acceptors (Lipinski definition) is 2. The van der Waals surface area contributed by atoms with Crippen LogP contribution < -0.4 is 10.6 Å². The van der Waals surface area contributed by atoms with Gasteiger partial charge in [-0.1, -0.05) is 13.8 Å². The van der Waals surface area contributed by atoms with Gasteiger partial charge in [0.1, 0.15) is 0 Å². The second kappa shape index (κ2) is 6.11. The Morgan fingerprint density at radius 2 is 2.07 bits per heavy atom. The van der Waals surface area contributed by atoms with E-state index in [-0.39, 0.29) is 5.91 Å². The average Bonchev–Trinajstić information content (AvgIpc) is 2.08. The molecule has 3 heteroatoms. The van der Waals surface area contributed by atoms with Crippen molar-refractivity contribution < 1.29 is 4.79 Å². The number of carbonyl (C=O) groups excluding carboxylic acids is 1. The Kier molecular flexibility index (Phi) is 5.09. The number of nitrogens with one attached hydrogen (secondary N) is 2. The molecule has 0 aromatic rings. The Bertz CT molecular complexity index is 198. The van der Waals surface area contributed by atoms with E-state index in [1.165, 1.54) is 12.8 Å². The summed E-state index contributed by atoms with van der Waals surface area (Å²) in [6.07, 6.45) is 3.18. The summed E-state index contributed by atoms with van der Waals surface area (Å²) in [7, 11) is 0. The minimum Gasteiger partial charge on any atom is -0.356 e. The van der Waals surface area contributed by atoms with Gasteiger partial charge in [0, 0.05) is 25.6 Å². The number of carbonyl (C=O) groups is 1. The molecule has 0 aromatic carbocycles. The summed E-state index contributed by atoms with van der Waals surface area (Å²) >= 11 is 0. The lowest BCUT2D eigenvalue weighted by Crippen LogP contribution is -2.44. The van der Waals surface area contributed by atoms with Gasteiger partial charge in [0.05, 0.1) is 0 Å². The monoisotopic (exact) mass is 212 g/mol. The van der Waals surface area contributed by atoms with Crippen molar-refractivity contribution in [1.82, 2.24) is 10.6 Å². The Morgan fingerprint density at radius 1 is 1.40 bits per heavy atom. The molecule has 0 radical (unpaired) electrons. The Balaban J connectivity index is 1.97. The quantitative estimate of drug-likeness (QED) is 0.701. The van der Waals surface area contributed by atoms with Crippen molar-refractivity contribution >= 4 is 5.91 Å². The van der Waals surface area contributed by atoms with Crippen molar-refractivity contribution in [2.24, 2.45) is 11.8 Å². The number of rotatable bonds is 6. The largest absolute Gasteiger partial charge is 0.356 e. The normalized spacial score (nSPS) is 25.1. The zero-order valence-corrected chi connectivity index (χ0v) is 10.2. The topological polar surface area (TPSA) is 41.1 Å². The zero-order valence-electron chi connectivity index (χ0n) is 10.2.